The van der Waals surface area contributed by atoms with Crippen LogP contribution in [0.15, 0.2) is 67.0 Å². The molecular formula is C34H39F2N9O. The molecule has 0 radical (unpaired) electrons. The second-order valence-electron chi connectivity index (χ2n) is 12.5. The van der Waals surface area contributed by atoms with E-state index in [1.807, 2.05) is 54.3 Å². The molecule has 3 atom stereocenters. The molecule has 2 amide bonds. The fourth-order valence-electron chi connectivity index (χ4n) is 7.29. The Balaban J connectivity index is 1.16. The number of aromatic nitrogens is 4. The molecule has 2 aromatic carbocycles. The second kappa shape index (κ2) is 12.8. The van der Waals surface area contributed by atoms with Crippen LogP contribution in [0.25, 0.3) is 16.9 Å². The highest BCUT2D eigenvalue weighted by molar-refractivity contribution is 5.91. The highest BCUT2D eigenvalue weighted by Crippen LogP contribution is 2.42. The topological polar surface area (TPSA) is 94.5 Å². The van der Waals surface area contributed by atoms with E-state index in [2.05, 4.69) is 49.6 Å². The third-order valence-corrected chi connectivity index (χ3v) is 9.61. The number of hydrogen-bond acceptors (Lipinski definition) is 7. The molecule has 240 valence electrons. The first-order valence-electron chi connectivity index (χ1n) is 15.9. The minimum absolute atomic E-state index is 0.0498. The zero-order valence-electron chi connectivity index (χ0n) is 26.1. The Hall–Kier alpha value is -4.42. The van der Waals surface area contributed by atoms with E-state index < -0.39 is 12.5 Å². The summed E-state index contributed by atoms with van der Waals surface area (Å²) in [7, 11) is 2.11. The van der Waals surface area contributed by atoms with Crippen LogP contribution >= 0.6 is 0 Å². The van der Waals surface area contributed by atoms with Crippen molar-refractivity contribution in [1.82, 2.24) is 34.9 Å². The van der Waals surface area contributed by atoms with Gasteiger partial charge in [-0.25, -0.2) is 28.2 Å². The summed E-state index contributed by atoms with van der Waals surface area (Å²) in [6.45, 7) is 5.63. The summed E-state index contributed by atoms with van der Waals surface area (Å²) in [5.74, 6) is 1.14. The summed E-state index contributed by atoms with van der Waals surface area (Å²) >= 11 is 0. The van der Waals surface area contributed by atoms with E-state index in [1.54, 1.807) is 17.1 Å². The SMILES string of the molecule is Cc1c(-c2cnc(N3CCN(C)CC3)nc2)nn(-c2ccccc2)c1NC(=O)N[C@@H]1CN(CC(F)F)[C@H]2CCc3ccccc3[C@@H]12. The number of nitrogens with zero attached hydrogens (tertiary/aromatic N) is 7. The summed E-state index contributed by atoms with van der Waals surface area (Å²) in [5.41, 5.74) is 5.31. The quantitative estimate of drug-likeness (QED) is 0.310. The molecule has 2 aromatic heterocycles. The maximum Gasteiger partial charge on any atom is 0.320 e. The van der Waals surface area contributed by atoms with E-state index in [0.29, 0.717) is 24.0 Å². The van der Waals surface area contributed by atoms with Crippen LogP contribution in [0.2, 0.25) is 0 Å². The Kier molecular flexibility index (Phi) is 8.39. The van der Waals surface area contributed by atoms with E-state index in [-0.39, 0.29) is 24.5 Å². The lowest BCUT2D eigenvalue weighted by Crippen LogP contribution is -2.45. The number of fused-ring (bicyclic) bond motifs is 3. The highest BCUT2D eigenvalue weighted by atomic mass is 19.3. The fraction of sp³-hybridized carbons (Fsp3) is 0.412. The summed E-state index contributed by atoms with van der Waals surface area (Å²) < 4.78 is 28.9. The van der Waals surface area contributed by atoms with Gasteiger partial charge < -0.3 is 15.1 Å². The van der Waals surface area contributed by atoms with Crippen molar-refractivity contribution in [3.63, 3.8) is 0 Å². The van der Waals surface area contributed by atoms with Crippen LogP contribution in [0.4, 0.5) is 25.3 Å². The van der Waals surface area contributed by atoms with E-state index >= 15 is 0 Å². The van der Waals surface area contributed by atoms with Crippen LogP contribution in [0, 0.1) is 6.92 Å². The molecule has 2 N–H and O–H groups in total. The van der Waals surface area contributed by atoms with Gasteiger partial charge in [0, 0.05) is 68.2 Å². The number of halogens is 2. The van der Waals surface area contributed by atoms with E-state index in [4.69, 9.17) is 5.10 Å². The van der Waals surface area contributed by atoms with Gasteiger partial charge in [-0.15, -0.1) is 0 Å². The number of piperazine rings is 1. The number of benzene rings is 2. The van der Waals surface area contributed by atoms with Crippen molar-refractivity contribution in [3.05, 3.63) is 83.7 Å². The number of amides is 2. The molecule has 0 unspecified atom stereocenters. The number of likely N-dealkylation sites (tertiary alicyclic amines) is 1. The smallest absolute Gasteiger partial charge is 0.320 e. The lowest BCUT2D eigenvalue weighted by atomic mass is 9.78. The van der Waals surface area contributed by atoms with Crippen LogP contribution in [0.5, 0.6) is 0 Å². The summed E-state index contributed by atoms with van der Waals surface area (Å²) in [4.78, 5) is 29.4. The monoisotopic (exact) mass is 627 g/mol. The number of alkyl halides is 2. The van der Waals surface area contributed by atoms with Crippen molar-refractivity contribution in [2.45, 2.75) is 44.2 Å². The van der Waals surface area contributed by atoms with Crippen molar-refractivity contribution in [2.75, 3.05) is 56.5 Å². The van der Waals surface area contributed by atoms with Crippen molar-refractivity contribution in [1.29, 1.82) is 0 Å². The Morgan fingerprint density at radius 1 is 1.00 bits per heavy atom. The van der Waals surface area contributed by atoms with Gasteiger partial charge in [-0.3, -0.25) is 10.2 Å². The fourth-order valence-corrected chi connectivity index (χ4v) is 7.29. The van der Waals surface area contributed by atoms with Crippen LogP contribution < -0.4 is 15.5 Å². The highest BCUT2D eigenvalue weighted by Gasteiger charge is 2.46. The Morgan fingerprint density at radius 3 is 2.46 bits per heavy atom. The predicted octanol–water partition coefficient (Wildman–Crippen LogP) is 4.56. The number of para-hydroxylation sites is 1. The van der Waals surface area contributed by atoms with Crippen LogP contribution in [-0.4, -0.2) is 100 Å². The van der Waals surface area contributed by atoms with Crippen LogP contribution in [0.1, 0.15) is 29.0 Å². The van der Waals surface area contributed by atoms with E-state index in [0.717, 1.165) is 61.4 Å². The number of likely N-dealkylation sites (N-methyl/N-ethyl adjacent to an activating group) is 1. The molecular weight excluding hydrogens is 588 g/mol. The molecule has 12 heteroatoms. The number of nitrogens with one attached hydrogen (secondary N) is 2. The zero-order chi connectivity index (χ0) is 31.8. The summed E-state index contributed by atoms with van der Waals surface area (Å²) in [6.07, 6.45) is 2.76. The summed E-state index contributed by atoms with van der Waals surface area (Å²) in [5, 5.41) is 11.1. The number of hydrogen-bond donors (Lipinski definition) is 2. The molecule has 4 heterocycles. The zero-order valence-corrected chi connectivity index (χ0v) is 26.1. The van der Waals surface area contributed by atoms with Gasteiger partial charge >= 0.3 is 6.03 Å². The number of anilines is 2. The number of carbonyl (C=O) groups is 1. The van der Waals surface area contributed by atoms with Gasteiger partial charge in [0.2, 0.25) is 5.95 Å². The van der Waals surface area contributed by atoms with Gasteiger partial charge in [-0.1, -0.05) is 42.5 Å². The van der Waals surface area contributed by atoms with Gasteiger partial charge in [-0.05, 0) is 50.1 Å². The molecule has 2 aliphatic heterocycles. The largest absolute Gasteiger partial charge is 0.338 e. The maximum atomic E-state index is 13.7. The third kappa shape index (κ3) is 5.94. The van der Waals surface area contributed by atoms with Crippen molar-refractivity contribution < 1.29 is 13.6 Å². The molecule has 4 aromatic rings. The Bertz CT molecular complexity index is 1670. The van der Waals surface area contributed by atoms with E-state index in [9.17, 15) is 13.6 Å². The van der Waals surface area contributed by atoms with E-state index in [1.165, 1.54) is 5.56 Å². The normalized spacial score (nSPS) is 21.7. The Labute approximate surface area is 267 Å². The number of rotatable bonds is 7. The molecule has 7 rings (SSSR count). The van der Waals surface area contributed by atoms with Crippen LogP contribution in [0.3, 0.4) is 0 Å². The minimum atomic E-state index is -2.44. The average Bonchev–Trinajstić information content (AvgIpc) is 3.58. The van der Waals surface area contributed by atoms with Gasteiger partial charge in [0.1, 0.15) is 11.5 Å². The predicted molar refractivity (Wildman–Crippen MR) is 174 cm³/mol. The van der Waals surface area contributed by atoms with Crippen molar-refractivity contribution >= 4 is 17.8 Å². The number of aryl methyl sites for hydroxylation is 1. The number of carbonyl (C=O) groups excluding carboxylic acids is 1. The third-order valence-electron chi connectivity index (χ3n) is 9.61. The molecule has 2 saturated heterocycles. The summed E-state index contributed by atoms with van der Waals surface area (Å²) in [6, 6.07) is 17.0. The Morgan fingerprint density at radius 2 is 1.72 bits per heavy atom. The van der Waals surface area contributed by atoms with Gasteiger partial charge in [0.05, 0.1) is 18.3 Å². The second-order valence-corrected chi connectivity index (χ2v) is 12.5. The lowest BCUT2D eigenvalue weighted by molar-refractivity contribution is 0.0772. The molecule has 46 heavy (non-hydrogen) atoms. The molecule has 0 bridgehead atoms. The molecule has 1 aliphatic carbocycles. The molecule has 0 spiro atoms. The first-order chi connectivity index (χ1) is 22.4. The van der Waals surface area contributed by atoms with Crippen molar-refractivity contribution in [3.8, 4) is 16.9 Å². The van der Waals surface area contributed by atoms with Gasteiger partial charge in [0.15, 0.2) is 0 Å². The lowest BCUT2D eigenvalue weighted by Gasteiger charge is -2.34. The molecule has 3 aliphatic rings. The average molecular weight is 628 g/mol. The molecule has 10 nitrogen and oxygen atoms in total. The molecule has 0 saturated carbocycles. The maximum absolute atomic E-state index is 13.7. The van der Waals surface area contributed by atoms with Gasteiger partial charge in [0.25, 0.3) is 6.43 Å². The standard InChI is InChI=1S/C34H39F2N9O/c1-22-31(24-18-37-33(38-19-24)43-16-14-42(2)15-17-43)41-45(25-9-4-3-5-10-25)32(22)40-34(46)39-27-20-44(21-29(35)36)28-13-12-23-8-6-7-11-26(23)30(27)28/h3-11,18-19,27-30H,12-17,20-21H2,1-2H3,(H2,39,40,46)/t27-,28+,30+/m1/s1. The van der Waals surface area contributed by atoms with Crippen LogP contribution in [-0.2, 0) is 6.42 Å². The molecule has 2 fully saturated rings. The minimum Gasteiger partial charge on any atom is -0.338 e. The first kappa shape index (κ1) is 30.2. The number of urea groups is 1. The van der Waals surface area contributed by atoms with Crippen molar-refractivity contribution in [2.24, 2.45) is 0 Å². The van der Waals surface area contributed by atoms with Gasteiger partial charge in [-0.2, -0.15) is 5.10 Å². The first-order valence-corrected chi connectivity index (χ1v) is 15.9.